The van der Waals surface area contributed by atoms with Crippen molar-refractivity contribution in [1.82, 2.24) is 5.32 Å². The quantitative estimate of drug-likeness (QED) is 0.849. The molecule has 1 fully saturated rings. The predicted octanol–water partition coefficient (Wildman–Crippen LogP) is 3.66. The van der Waals surface area contributed by atoms with Gasteiger partial charge in [0, 0.05) is 6.04 Å². The summed E-state index contributed by atoms with van der Waals surface area (Å²) >= 11 is 0. The number of aryl methyl sites for hydroxylation is 2. The molecule has 0 radical (unpaired) electrons. The molecule has 0 aromatic heterocycles. The van der Waals surface area contributed by atoms with Gasteiger partial charge in [-0.3, -0.25) is 4.79 Å². The highest BCUT2D eigenvalue weighted by Crippen LogP contribution is 2.29. The average molecular weight is 343 g/mol. The summed E-state index contributed by atoms with van der Waals surface area (Å²) in [6.07, 6.45) is 7.88. The van der Waals surface area contributed by atoms with Crippen LogP contribution < -0.4 is 5.32 Å². The molecule has 1 aromatic rings. The molecule has 1 N–H and O–H groups in total. The van der Waals surface area contributed by atoms with Crippen LogP contribution in [0.3, 0.4) is 0 Å². The molecule has 0 bridgehead atoms. The second-order valence-corrected chi connectivity index (χ2v) is 7.71. The van der Waals surface area contributed by atoms with Crippen LogP contribution in [0, 0.1) is 11.8 Å². The highest BCUT2D eigenvalue weighted by Gasteiger charge is 2.28. The zero-order chi connectivity index (χ0) is 17.8. The fourth-order valence-electron chi connectivity index (χ4n) is 4.11. The Morgan fingerprint density at radius 2 is 1.84 bits per heavy atom. The highest BCUT2D eigenvalue weighted by atomic mass is 16.5. The maximum atomic E-state index is 12.2. The Labute approximate surface area is 150 Å². The van der Waals surface area contributed by atoms with Crippen molar-refractivity contribution in [3.63, 3.8) is 0 Å². The third-order valence-corrected chi connectivity index (χ3v) is 5.97. The van der Waals surface area contributed by atoms with Gasteiger partial charge in [-0.2, -0.15) is 0 Å². The molecule has 0 spiro atoms. The lowest BCUT2D eigenvalue weighted by Gasteiger charge is -2.34. The third kappa shape index (κ3) is 4.42. The van der Waals surface area contributed by atoms with E-state index in [4.69, 9.17) is 4.74 Å². The van der Waals surface area contributed by atoms with Gasteiger partial charge < -0.3 is 10.1 Å². The molecule has 4 heteroatoms. The maximum absolute atomic E-state index is 12.2. The van der Waals surface area contributed by atoms with E-state index >= 15 is 0 Å². The van der Waals surface area contributed by atoms with Gasteiger partial charge in [-0.05, 0) is 67.2 Å². The van der Waals surface area contributed by atoms with E-state index in [1.165, 1.54) is 30.4 Å². The first-order valence-electron chi connectivity index (χ1n) is 9.63. The standard InChI is InChI=1S/C21H29NO3/c1-14-6-5-9-19(15(14)2)22-20(23)13-25-21(24)18-11-10-16-7-3-4-8-17(16)12-18/h10-12,14-15,19H,3-9,13H2,1-2H3,(H,22,23)/t14-,15+,19+/m0/s1. The lowest BCUT2D eigenvalue weighted by atomic mass is 9.78. The molecule has 3 atom stereocenters. The number of carbonyl (C=O) groups is 2. The number of rotatable bonds is 4. The predicted molar refractivity (Wildman–Crippen MR) is 97.5 cm³/mol. The van der Waals surface area contributed by atoms with Crippen LogP contribution in [0.1, 0.15) is 67.4 Å². The van der Waals surface area contributed by atoms with Crippen molar-refractivity contribution in [1.29, 1.82) is 0 Å². The van der Waals surface area contributed by atoms with Crippen LogP contribution in [0.4, 0.5) is 0 Å². The van der Waals surface area contributed by atoms with Crippen LogP contribution in [0.25, 0.3) is 0 Å². The van der Waals surface area contributed by atoms with Gasteiger partial charge in [0.25, 0.3) is 5.91 Å². The van der Waals surface area contributed by atoms with Gasteiger partial charge in [-0.25, -0.2) is 4.79 Å². The van der Waals surface area contributed by atoms with Crippen molar-refractivity contribution in [2.75, 3.05) is 6.61 Å². The Hall–Kier alpha value is -1.84. The zero-order valence-corrected chi connectivity index (χ0v) is 15.3. The highest BCUT2D eigenvalue weighted by molar-refractivity contribution is 5.91. The molecule has 3 rings (SSSR count). The van der Waals surface area contributed by atoms with Crippen molar-refractivity contribution < 1.29 is 14.3 Å². The number of benzene rings is 1. The van der Waals surface area contributed by atoms with Crippen molar-refractivity contribution in [3.8, 4) is 0 Å². The smallest absolute Gasteiger partial charge is 0.338 e. The Morgan fingerprint density at radius 3 is 2.64 bits per heavy atom. The van der Waals surface area contributed by atoms with Crippen LogP contribution in [0.2, 0.25) is 0 Å². The van der Waals surface area contributed by atoms with E-state index in [0.29, 0.717) is 17.4 Å². The number of hydrogen-bond donors (Lipinski definition) is 1. The first-order chi connectivity index (χ1) is 12.0. The molecule has 25 heavy (non-hydrogen) atoms. The fourth-order valence-corrected chi connectivity index (χ4v) is 4.11. The maximum Gasteiger partial charge on any atom is 0.338 e. The van der Waals surface area contributed by atoms with Crippen molar-refractivity contribution in [2.45, 2.75) is 64.8 Å². The van der Waals surface area contributed by atoms with E-state index in [1.54, 1.807) is 0 Å². The van der Waals surface area contributed by atoms with E-state index in [9.17, 15) is 9.59 Å². The number of carbonyl (C=O) groups excluding carboxylic acids is 2. The molecular formula is C21H29NO3. The molecule has 0 saturated heterocycles. The van der Waals surface area contributed by atoms with Crippen molar-refractivity contribution in [2.24, 2.45) is 11.8 Å². The van der Waals surface area contributed by atoms with Crippen LogP contribution in [0.5, 0.6) is 0 Å². The topological polar surface area (TPSA) is 55.4 Å². The molecule has 1 saturated carbocycles. The molecule has 136 valence electrons. The first kappa shape index (κ1) is 18.0. The van der Waals surface area contributed by atoms with Gasteiger partial charge >= 0.3 is 5.97 Å². The van der Waals surface area contributed by atoms with Crippen LogP contribution >= 0.6 is 0 Å². The van der Waals surface area contributed by atoms with Gasteiger partial charge in [-0.15, -0.1) is 0 Å². The summed E-state index contributed by atoms with van der Waals surface area (Å²) in [4.78, 5) is 24.4. The Balaban J connectivity index is 1.51. The first-order valence-corrected chi connectivity index (χ1v) is 9.63. The van der Waals surface area contributed by atoms with E-state index in [1.807, 2.05) is 18.2 Å². The molecular weight excluding hydrogens is 314 g/mol. The summed E-state index contributed by atoms with van der Waals surface area (Å²) in [7, 11) is 0. The number of ether oxygens (including phenoxy) is 1. The fraction of sp³-hybridized carbons (Fsp3) is 0.619. The molecule has 0 aliphatic heterocycles. The second-order valence-electron chi connectivity index (χ2n) is 7.71. The van der Waals surface area contributed by atoms with Crippen molar-refractivity contribution in [3.05, 3.63) is 34.9 Å². The van der Waals surface area contributed by atoms with Crippen LogP contribution in [-0.4, -0.2) is 24.5 Å². The molecule has 1 aromatic carbocycles. The zero-order valence-electron chi connectivity index (χ0n) is 15.3. The summed E-state index contributed by atoms with van der Waals surface area (Å²) in [5, 5.41) is 3.04. The van der Waals surface area contributed by atoms with Gasteiger partial charge in [0.05, 0.1) is 5.56 Å². The van der Waals surface area contributed by atoms with Crippen LogP contribution in [-0.2, 0) is 22.4 Å². The van der Waals surface area contributed by atoms with E-state index < -0.39 is 5.97 Å². The second kappa shape index (κ2) is 8.03. The number of fused-ring (bicyclic) bond motifs is 1. The van der Waals surface area contributed by atoms with Gasteiger partial charge in [-0.1, -0.05) is 32.8 Å². The molecule has 2 aliphatic rings. The Morgan fingerprint density at radius 1 is 1.08 bits per heavy atom. The van der Waals surface area contributed by atoms with E-state index in [-0.39, 0.29) is 18.6 Å². The Bertz CT molecular complexity index is 640. The number of nitrogens with one attached hydrogen (secondary N) is 1. The SMILES string of the molecule is C[C@@H]1[C@@H](C)CCC[C@H]1NC(=O)COC(=O)c1ccc2c(c1)CCCC2. The third-order valence-electron chi connectivity index (χ3n) is 5.97. The van der Waals surface area contributed by atoms with Gasteiger partial charge in [0.1, 0.15) is 0 Å². The summed E-state index contributed by atoms with van der Waals surface area (Å²) in [5.41, 5.74) is 3.13. The van der Waals surface area contributed by atoms with Crippen LogP contribution in [0.15, 0.2) is 18.2 Å². The normalized spacial score (nSPS) is 25.8. The minimum absolute atomic E-state index is 0.193. The van der Waals surface area contributed by atoms with Gasteiger partial charge in [0.2, 0.25) is 0 Å². The summed E-state index contributed by atoms with van der Waals surface area (Å²) in [5.74, 6) is 0.483. The van der Waals surface area contributed by atoms with Gasteiger partial charge in [0.15, 0.2) is 6.61 Å². The summed E-state index contributed by atoms with van der Waals surface area (Å²) < 4.78 is 5.23. The lowest BCUT2D eigenvalue weighted by molar-refractivity contribution is -0.125. The minimum Gasteiger partial charge on any atom is -0.452 e. The Kier molecular flexibility index (Phi) is 5.77. The lowest BCUT2D eigenvalue weighted by Crippen LogP contribution is -2.45. The molecule has 2 aliphatic carbocycles. The molecule has 1 amide bonds. The largest absolute Gasteiger partial charge is 0.452 e. The average Bonchev–Trinajstić information content (AvgIpc) is 2.63. The number of esters is 1. The summed E-state index contributed by atoms with van der Waals surface area (Å²) in [6, 6.07) is 5.96. The van der Waals surface area contributed by atoms with Crippen molar-refractivity contribution >= 4 is 11.9 Å². The summed E-state index contributed by atoms with van der Waals surface area (Å²) in [6.45, 7) is 4.22. The minimum atomic E-state index is -0.409. The monoisotopic (exact) mass is 343 g/mol. The molecule has 0 heterocycles. The number of amides is 1. The van der Waals surface area contributed by atoms with E-state index in [0.717, 1.165) is 25.7 Å². The number of hydrogen-bond acceptors (Lipinski definition) is 3. The molecule has 4 nitrogen and oxygen atoms in total. The molecule has 0 unspecified atom stereocenters. The van der Waals surface area contributed by atoms with E-state index in [2.05, 4.69) is 19.2 Å².